The topological polar surface area (TPSA) is 86.8 Å². The maximum Gasteiger partial charge on any atom is 0.264 e. The molecule has 0 aromatic heterocycles. The summed E-state index contributed by atoms with van der Waals surface area (Å²) >= 11 is 6.01. The number of aryl methyl sites for hydroxylation is 1. The van der Waals surface area contributed by atoms with Gasteiger partial charge in [0.15, 0.2) is 0 Å². The molecule has 1 aliphatic carbocycles. The minimum absolute atomic E-state index is 0.0191. The van der Waals surface area contributed by atoms with Crippen molar-refractivity contribution in [2.45, 2.75) is 69.5 Å². The molecule has 1 fully saturated rings. The highest BCUT2D eigenvalue weighted by Gasteiger charge is 2.33. The van der Waals surface area contributed by atoms with Gasteiger partial charge in [0.25, 0.3) is 10.0 Å². The average molecular weight is 582 g/mol. The number of para-hydroxylation sites is 1. The van der Waals surface area contributed by atoms with E-state index in [2.05, 4.69) is 5.32 Å². The van der Waals surface area contributed by atoms with Gasteiger partial charge in [0, 0.05) is 17.6 Å². The Morgan fingerprint density at radius 3 is 2.20 bits per heavy atom. The molecule has 0 saturated heterocycles. The van der Waals surface area contributed by atoms with Gasteiger partial charge in [-0.2, -0.15) is 0 Å². The Hall–Kier alpha value is -3.36. The molecule has 0 spiro atoms. The van der Waals surface area contributed by atoms with E-state index < -0.39 is 28.5 Å². The molecule has 1 aliphatic rings. The van der Waals surface area contributed by atoms with E-state index in [1.165, 1.54) is 29.2 Å². The van der Waals surface area contributed by atoms with Crippen LogP contribution in [-0.4, -0.2) is 43.8 Å². The van der Waals surface area contributed by atoms with Crippen molar-refractivity contribution in [1.29, 1.82) is 0 Å². The van der Waals surface area contributed by atoms with Gasteiger partial charge in [-0.15, -0.1) is 0 Å². The van der Waals surface area contributed by atoms with Gasteiger partial charge in [0.2, 0.25) is 11.8 Å². The van der Waals surface area contributed by atoms with Crippen molar-refractivity contribution in [2.75, 3.05) is 10.8 Å². The van der Waals surface area contributed by atoms with Gasteiger partial charge in [0.05, 0.1) is 10.6 Å². The monoisotopic (exact) mass is 581 g/mol. The van der Waals surface area contributed by atoms with E-state index in [9.17, 15) is 18.0 Å². The van der Waals surface area contributed by atoms with Crippen LogP contribution in [0.5, 0.6) is 0 Å². The summed E-state index contributed by atoms with van der Waals surface area (Å²) in [5.74, 6) is -0.713. The third kappa shape index (κ3) is 7.23. The summed E-state index contributed by atoms with van der Waals surface area (Å²) in [6.07, 6.45) is 5.15. The molecule has 1 unspecified atom stereocenters. The van der Waals surface area contributed by atoms with E-state index >= 15 is 0 Å². The van der Waals surface area contributed by atoms with Crippen LogP contribution in [0.25, 0.3) is 0 Å². The second-order valence-corrected chi connectivity index (χ2v) is 12.6. The Labute approximate surface area is 242 Å². The van der Waals surface area contributed by atoms with Gasteiger partial charge >= 0.3 is 0 Å². The van der Waals surface area contributed by atoms with Crippen LogP contribution in [-0.2, 0) is 26.2 Å². The van der Waals surface area contributed by atoms with Crippen LogP contribution < -0.4 is 9.62 Å². The van der Waals surface area contributed by atoms with E-state index in [0.29, 0.717) is 16.3 Å². The highest BCUT2D eigenvalue weighted by atomic mass is 35.5. The normalized spacial score (nSPS) is 14.8. The zero-order valence-corrected chi connectivity index (χ0v) is 24.5. The summed E-state index contributed by atoms with van der Waals surface area (Å²) in [7, 11) is -4.14. The summed E-state index contributed by atoms with van der Waals surface area (Å²) in [5.41, 5.74) is 1.94. The van der Waals surface area contributed by atoms with Crippen molar-refractivity contribution in [1.82, 2.24) is 10.2 Å². The number of rotatable bonds is 10. The van der Waals surface area contributed by atoms with E-state index in [4.69, 9.17) is 11.6 Å². The third-order valence-corrected chi connectivity index (χ3v) is 9.41. The second kappa shape index (κ2) is 13.3. The molecule has 212 valence electrons. The molecule has 3 aromatic carbocycles. The SMILES string of the molecule is Cc1ccccc1N(CC(=O)N(Cc1ccccc1)C(C)C(=O)NC1CCCCC1)S(=O)(=O)c1ccc(Cl)cc1. The lowest BCUT2D eigenvalue weighted by Crippen LogP contribution is -2.53. The molecular weight excluding hydrogens is 546 g/mol. The number of hydrogen-bond acceptors (Lipinski definition) is 4. The number of carbonyl (C=O) groups is 2. The maximum absolute atomic E-state index is 14.0. The number of halogens is 1. The fourth-order valence-electron chi connectivity index (χ4n) is 5.02. The number of hydrogen-bond donors (Lipinski definition) is 1. The molecule has 0 bridgehead atoms. The molecule has 1 atom stereocenters. The van der Waals surface area contributed by atoms with Crippen molar-refractivity contribution in [3.8, 4) is 0 Å². The lowest BCUT2D eigenvalue weighted by atomic mass is 9.95. The van der Waals surface area contributed by atoms with Crippen molar-refractivity contribution >= 4 is 39.1 Å². The fraction of sp³-hybridized carbons (Fsp3) is 0.355. The average Bonchev–Trinajstić information content (AvgIpc) is 2.96. The number of amides is 2. The molecule has 2 amide bonds. The summed E-state index contributed by atoms with van der Waals surface area (Å²) in [5, 5.41) is 3.52. The molecule has 40 heavy (non-hydrogen) atoms. The van der Waals surface area contributed by atoms with E-state index in [1.807, 2.05) is 36.4 Å². The fourth-order valence-corrected chi connectivity index (χ4v) is 6.63. The Balaban J connectivity index is 1.67. The first kappa shape index (κ1) is 29.6. The lowest BCUT2D eigenvalue weighted by Gasteiger charge is -2.33. The van der Waals surface area contributed by atoms with E-state index in [0.717, 1.165) is 42.0 Å². The standard InChI is InChI=1S/C31H36ClN3O4S/c1-23-11-9-10-16-29(23)35(40(38,39)28-19-17-26(32)18-20-28)22-30(36)34(21-25-12-5-3-6-13-25)24(2)31(37)33-27-14-7-4-8-15-27/h3,5-6,9-13,16-20,24,27H,4,7-8,14-15,21-22H2,1-2H3,(H,33,37). The Morgan fingerprint density at radius 2 is 1.55 bits per heavy atom. The summed E-state index contributed by atoms with van der Waals surface area (Å²) in [6, 6.07) is 21.6. The van der Waals surface area contributed by atoms with Crippen LogP contribution in [0.1, 0.15) is 50.2 Å². The summed E-state index contributed by atoms with van der Waals surface area (Å²) in [6.45, 7) is 3.20. The Bertz CT molecular complexity index is 1410. The first-order chi connectivity index (χ1) is 19.2. The molecule has 1 saturated carbocycles. The molecule has 0 radical (unpaired) electrons. The Kier molecular flexibility index (Phi) is 9.87. The highest BCUT2D eigenvalue weighted by Crippen LogP contribution is 2.28. The number of carbonyl (C=O) groups excluding carboxylic acids is 2. The number of nitrogens with one attached hydrogen (secondary N) is 1. The summed E-state index contributed by atoms with van der Waals surface area (Å²) in [4.78, 5) is 28.9. The smallest absolute Gasteiger partial charge is 0.264 e. The predicted octanol–water partition coefficient (Wildman–Crippen LogP) is 5.71. The number of anilines is 1. The first-order valence-corrected chi connectivity index (χ1v) is 15.5. The lowest BCUT2D eigenvalue weighted by molar-refractivity contribution is -0.139. The van der Waals surface area contributed by atoms with Crippen molar-refractivity contribution in [3.05, 3.63) is 95.0 Å². The molecule has 7 nitrogen and oxygen atoms in total. The van der Waals surface area contributed by atoms with Gasteiger partial charge in [0.1, 0.15) is 12.6 Å². The third-order valence-electron chi connectivity index (χ3n) is 7.38. The van der Waals surface area contributed by atoms with Gasteiger partial charge in [-0.3, -0.25) is 13.9 Å². The van der Waals surface area contributed by atoms with Crippen LogP contribution >= 0.6 is 11.6 Å². The molecule has 0 aliphatic heterocycles. The summed E-state index contributed by atoms with van der Waals surface area (Å²) < 4.78 is 28.9. The van der Waals surface area contributed by atoms with Gasteiger partial charge in [-0.05, 0) is 68.1 Å². The molecule has 0 heterocycles. The largest absolute Gasteiger partial charge is 0.352 e. The number of sulfonamides is 1. The van der Waals surface area contributed by atoms with Crippen molar-refractivity contribution in [2.24, 2.45) is 0 Å². The van der Waals surface area contributed by atoms with Crippen LogP contribution in [0.3, 0.4) is 0 Å². The van der Waals surface area contributed by atoms with Crippen molar-refractivity contribution < 1.29 is 18.0 Å². The quantitative estimate of drug-likeness (QED) is 0.332. The highest BCUT2D eigenvalue weighted by molar-refractivity contribution is 7.92. The second-order valence-electron chi connectivity index (χ2n) is 10.3. The minimum atomic E-state index is -4.14. The van der Waals surface area contributed by atoms with Crippen molar-refractivity contribution in [3.63, 3.8) is 0 Å². The number of benzene rings is 3. The first-order valence-electron chi connectivity index (χ1n) is 13.6. The molecule has 4 rings (SSSR count). The zero-order chi connectivity index (χ0) is 28.7. The molecular formula is C31H36ClN3O4S. The zero-order valence-electron chi connectivity index (χ0n) is 22.9. The van der Waals surface area contributed by atoms with Gasteiger partial charge in [-0.1, -0.05) is 79.4 Å². The van der Waals surface area contributed by atoms with Crippen LogP contribution in [0.2, 0.25) is 5.02 Å². The van der Waals surface area contributed by atoms with Crippen LogP contribution in [0.15, 0.2) is 83.8 Å². The van der Waals surface area contributed by atoms with E-state index in [-0.39, 0.29) is 23.4 Å². The van der Waals surface area contributed by atoms with Crippen LogP contribution in [0.4, 0.5) is 5.69 Å². The number of nitrogens with zero attached hydrogens (tertiary/aromatic N) is 2. The molecule has 9 heteroatoms. The van der Waals surface area contributed by atoms with E-state index in [1.54, 1.807) is 32.0 Å². The van der Waals surface area contributed by atoms with Crippen LogP contribution in [0, 0.1) is 6.92 Å². The minimum Gasteiger partial charge on any atom is -0.352 e. The molecule has 3 aromatic rings. The van der Waals surface area contributed by atoms with Gasteiger partial charge < -0.3 is 10.2 Å². The Morgan fingerprint density at radius 1 is 0.925 bits per heavy atom. The maximum atomic E-state index is 14.0. The predicted molar refractivity (Wildman–Crippen MR) is 159 cm³/mol. The molecule has 1 N–H and O–H groups in total. The van der Waals surface area contributed by atoms with Gasteiger partial charge in [-0.25, -0.2) is 8.42 Å².